The van der Waals surface area contributed by atoms with Crippen LogP contribution >= 0.6 is 11.6 Å². The van der Waals surface area contributed by atoms with Gasteiger partial charge in [-0.15, -0.1) is 0 Å². The van der Waals surface area contributed by atoms with Crippen molar-refractivity contribution < 1.29 is 0 Å². The third-order valence-corrected chi connectivity index (χ3v) is 4.25. The molecule has 2 aromatic carbocycles. The van der Waals surface area contributed by atoms with Crippen LogP contribution in [0.25, 0.3) is 22.2 Å². The highest BCUT2D eigenvalue weighted by Crippen LogP contribution is 2.29. The Morgan fingerprint density at radius 3 is 2.38 bits per heavy atom. The summed E-state index contributed by atoms with van der Waals surface area (Å²) in [6.45, 7) is 7.05. The lowest BCUT2D eigenvalue weighted by Gasteiger charge is -2.18. The van der Waals surface area contributed by atoms with E-state index in [1.54, 1.807) is 17.7 Å². The standard InChI is InChI=1S/C19H22ClN3O/c1-19(2,3)11-23-16-6-5-12(9-17(16)22(4)18(23)24)13-7-14(20)10-15(21)8-13/h5-10H,11,21H2,1-4H3. The van der Waals surface area contributed by atoms with Gasteiger partial charge in [-0.1, -0.05) is 38.4 Å². The van der Waals surface area contributed by atoms with Gasteiger partial charge in [-0.2, -0.15) is 0 Å². The third-order valence-electron chi connectivity index (χ3n) is 4.03. The quantitative estimate of drug-likeness (QED) is 0.706. The molecule has 126 valence electrons. The summed E-state index contributed by atoms with van der Waals surface area (Å²) in [4.78, 5) is 12.6. The molecule has 0 unspecified atom stereocenters. The van der Waals surface area contributed by atoms with Gasteiger partial charge in [0.1, 0.15) is 0 Å². The van der Waals surface area contributed by atoms with Gasteiger partial charge in [-0.05, 0) is 46.9 Å². The fourth-order valence-corrected chi connectivity index (χ4v) is 3.24. The molecule has 3 aromatic rings. The summed E-state index contributed by atoms with van der Waals surface area (Å²) in [6, 6.07) is 11.5. The number of rotatable bonds is 2. The van der Waals surface area contributed by atoms with E-state index in [0.717, 1.165) is 22.2 Å². The van der Waals surface area contributed by atoms with E-state index in [0.29, 0.717) is 17.3 Å². The molecule has 2 N–H and O–H groups in total. The predicted molar refractivity (Wildman–Crippen MR) is 101 cm³/mol. The van der Waals surface area contributed by atoms with Crippen molar-refractivity contribution in [2.45, 2.75) is 27.3 Å². The maximum absolute atomic E-state index is 12.6. The zero-order valence-electron chi connectivity index (χ0n) is 14.4. The van der Waals surface area contributed by atoms with Crippen LogP contribution in [-0.4, -0.2) is 9.13 Å². The van der Waals surface area contributed by atoms with Gasteiger partial charge in [-0.25, -0.2) is 4.79 Å². The van der Waals surface area contributed by atoms with Crippen molar-refractivity contribution in [3.05, 3.63) is 51.9 Å². The van der Waals surface area contributed by atoms with Crippen LogP contribution in [0.5, 0.6) is 0 Å². The summed E-state index contributed by atoms with van der Waals surface area (Å²) in [7, 11) is 1.81. The van der Waals surface area contributed by atoms with Crippen molar-refractivity contribution in [2.24, 2.45) is 12.5 Å². The summed E-state index contributed by atoms with van der Waals surface area (Å²) in [5.41, 5.74) is 10.3. The van der Waals surface area contributed by atoms with Crippen LogP contribution in [0.1, 0.15) is 20.8 Å². The number of nitrogens with zero attached hydrogens (tertiary/aromatic N) is 2. The highest BCUT2D eigenvalue weighted by atomic mass is 35.5. The zero-order chi connectivity index (χ0) is 17.6. The number of anilines is 1. The fraction of sp³-hybridized carbons (Fsp3) is 0.316. The largest absolute Gasteiger partial charge is 0.399 e. The van der Waals surface area contributed by atoms with Gasteiger partial charge >= 0.3 is 5.69 Å². The van der Waals surface area contributed by atoms with Crippen molar-refractivity contribution in [3.8, 4) is 11.1 Å². The SMILES string of the molecule is Cn1c(=O)n(CC(C)(C)C)c2ccc(-c3cc(N)cc(Cl)c3)cc21. The second kappa shape index (κ2) is 5.71. The Morgan fingerprint density at radius 2 is 1.75 bits per heavy atom. The molecule has 0 aliphatic carbocycles. The molecule has 3 rings (SSSR count). The molecule has 0 radical (unpaired) electrons. The first-order chi connectivity index (χ1) is 11.2. The molecule has 0 saturated heterocycles. The summed E-state index contributed by atoms with van der Waals surface area (Å²) in [5, 5.41) is 0.601. The van der Waals surface area contributed by atoms with Crippen molar-refractivity contribution in [3.63, 3.8) is 0 Å². The molecule has 0 spiro atoms. The van der Waals surface area contributed by atoms with Crippen LogP contribution < -0.4 is 11.4 Å². The molecule has 0 saturated carbocycles. The van der Waals surface area contributed by atoms with Crippen molar-refractivity contribution >= 4 is 28.3 Å². The topological polar surface area (TPSA) is 53.0 Å². The van der Waals surface area contributed by atoms with Gasteiger partial charge in [0.15, 0.2) is 0 Å². The first-order valence-corrected chi connectivity index (χ1v) is 8.29. The van der Waals surface area contributed by atoms with Crippen molar-refractivity contribution in [1.82, 2.24) is 9.13 Å². The van der Waals surface area contributed by atoms with E-state index in [-0.39, 0.29) is 11.1 Å². The second-order valence-corrected chi connectivity index (χ2v) is 7.90. The van der Waals surface area contributed by atoms with Gasteiger partial charge < -0.3 is 5.73 Å². The average Bonchev–Trinajstić information content (AvgIpc) is 2.69. The van der Waals surface area contributed by atoms with Crippen molar-refractivity contribution in [2.75, 3.05) is 5.73 Å². The Labute approximate surface area is 146 Å². The molecule has 0 bridgehead atoms. The Kier molecular flexibility index (Phi) is 3.96. The number of benzene rings is 2. The number of hydrogen-bond donors (Lipinski definition) is 1. The highest BCUT2D eigenvalue weighted by molar-refractivity contribution is 6.31. The van der Waals surface area contributed by atoms with E-state index in [2.05, 4.69) is 20.8 Å². The third kappa shape index (κ3) is 3.06. The number of aromatic nitrogens is 2. The van der Waals surface area contributed by atoms with E-state index in [4.69, 9.17) is 17.3 Å². The summed E-state index contributed by atoms with van der Waals surface area (Å²) < 4.78 is 3.53. The Morgan fingerprint density at radius 1 is 1.04 bits per heavy atom. The molecule has 5 heteroatoms. The van der Waals surface area contributed by atoms with Gasteiger partial charge in [0.2, 0.25) is 0 Å². The van der Waals surface area contributed by atoms with Crippen LogP contribution in [0, 0.1) is 5.41 Å². The Balaban J connectivity index is 2.19. The van der Waals surface area contributed by atoms with Crippen LogP contribution in [0.4, 0.5) is 5.69 Å². The van der Waals surface area contributed by atoms with E-state index >= 15 is 0 Å². The van der Waals surface area contributed by atoms with E-state index in [1.807, 2.05) is 34.9 Å². The zero-order valence-corrected chi connectivity index (χ0v) is 15.2. The van der Waals surface area contributed by atoms with Gasteiger partial charge in [0.25, 0.3) is 0 Å². The predicted octanol–water partition coefficient (Wildman–Crippen LogP) is 4.29. The van der Waals surface area contributed by atoms with Crippen LogP contribution in [0.2, 0.25) is 5.02 Å². The molecule has 0 aliphatic heterocycles. The average molecular weight is 344 g/mol. The molecule has 24 heavy (non-hydrogen) atoms. The number of aryl methyl sites for hydroxylation is 1. The Hall–Kier alpha value is -2.20. The number of nitrogen functional groups attached to an aromatic ring is 1. The van der Waals surface area contributed by atoms with Crippen LogP contribution in [-0.2, 0) is 13.6 Å². The lowest BCUT2D eigenvalue weighted by molar-refractivity contribution is 0.342. The summed E-state index contributed by atoms with van der Waals surface area (Å²) >= 11 is 6.11. The molecule has 1 heterocycles. The molecule has 0 amide bonds. The molecule has 0 fully saturated rings. The Bertz CT molecular complexity index is 956. The number of nitrogens with two attached hydrogens (primary N) is 1. The fourth-order valence-electron chi connectivity index (χ4n) is 2.99. The number of imidazole rings is 1. The van der Waals surface area contributed by atoms with E-state index < -0.39 is 0 Å². The lowest BCUT2D eigenvalue weighted by Crippen LogP contribution is -2.27. The molecule has 1 aromatic heterocycles. The minimum Gasteiger partial charge on any atom is -0.399 e. The van der Waals surface area contributed by atoms with E-state index in [9.17, 15) is 4.79 Å². The molecule has 0 aliphatic rings. The monoisotopic (exact) mass is 343 g/mol. The molecular weight excluding hydrogens is 322 g/mol. The first-order valence-electron chi connectivity index (χ1n) is 7.91. The van der Waals surface area contributed by atoms with Crippen LogP contribution in [0.3, 0.4) is 0 Å². The van der Waals surface area contributed by atoms with Gasteiger partial charge in [0.05, 0.1) is 11.0 Å². The van der Waals surface area contributed by atoms with Crippen LogP contribution in [0.15, 0.2) is 41.2 Å². The molecular formula is C19H22ClN3O. The summed E-state index contributed by atoms with van der Waals surface area (Å²) in [6.07, 6.45) is 0. The number of halogens is 1. The molecule has 0 atom stereocenters. The highest BCUT2D eigenvalue weighted by Gasteiger charge is 2.18. The maximum atomic E-state index is 12.6. The second-order valence-electron chi connectivity index (χ2n) is 7.47. The first kappa shape index (κ1) is 16.7. The number of fused-ring (bicyclic) bond motifs is 1. The van der Waals surface area contributed by atoms with Gasteiger partial charge in [-0.3, -0.25) is 9.13 Å². The maximum Gasteiger partial charge on any atom is 0.328 e. The normalized spacial score (nSPS) is 12.0. The van der Waals surface area contributed by atoms with Gasteiger partial charge in [0, 0.05) is 24.3 Å². The minimum atomic E-state index is 0.00248. The summed E-state index contributed by atoms with van der Waals surface area (Å²) in [5.74, 6) is 0. The smallest absolute Gasteiger partial charge is 0.328 e. The number of hydrogen-bond acceptors (Lipinski definition) is 2. The van der Waals surface area contributed by atoms with E-state index in [1.165, 1.54) is 0 Å². The molecule has 4 nitrogen and oxygen atoms in total. The lowest BCUT2D eigenvalue weighted by atomic mass is 9.97. The minimum absolute atomic E-state index is 0.00248. The van der Waals surface area contributed by atoms with Crippen molar-refractivity contribution in [1.29, 1.82) is 0 Å².